The Morgan fingerprint density at radius 3 is 2.47 bits per heavy atom. The second-order valence-corrected chi connectivity index (χ2v) is 3.28. The smallest absolute Gasteiger partial charge is 0.338 e. The van der Waals surface area contributed by atoms with Crippen LogP contribution in [-0.2, 0) is 6.42 Å². The van der Waals surface area contributed by atoms with Crippen LogP contribution in [0.2, 0.25) is 0 Å². The Hall–Kier alpha value is -1.49. The van der Waals surface area contributed by atoms with Crippen molar-refractivity contribution in [2.75, 3.05) is 0 Å². The minimum Gasteiger partial charge on any atom is -0.478 e. The molecule has 0 aliphatic heterocycles. The van der Waals surface area contributed by atoms with Gasteiger partial charge in [-0.15, -0.1) is 0 Å². The van der Waals surface area contributed by atoms with E-state index in [1.54, 1.807) is 0 Å². The molecule has 0 bridgehead atoms. The van der Waals surface area contributed by atoms with Crippen molar-refractivity contribution in [3.05, 3.63) is 34.9 Å². The lowest BCUT2D eigenvalue weighted by atomic mass is 10.1. The Morgan fingerprint density at radius 2 is 2.00 bits per heavy atom. The summed E-state index contributed by atoms with van der Waals surface area (Å²) in [5.74, 6) is -3.34. The number of benzene rings is 1. The molecule has 0 spiro atoms. The van der Waals surface area contributed by atoms with E-state index < -0.39 is 29.3 Å². The van der Waals surface area contributed by atoms with Crippen LogP contribution in [0.1, 0.15) is 22.8 Å². The molecule has 1 atom stereocenters. The standard InChI is InChI=1S/C10H10F2O3/c1-5(13)2-6-3-9(12)7(10(14)15)4-8(6)11/h3-5,13H,2H2,1H3,(H,14,15). The molecule has 15 heavy (non-hydrogen) atoms. The van der Waals surface area contributed by atoms with Gasteiger partial charge in [0.15, 0.2) is 0 Å². The molecule has 0 saturated heterocycles. The predicted octanol–water partition coefficient (Wildman–Crippen LogP) is 1.59. The van der Waals surface area contributed by atoms with E-state index in [4.69, 9.17) is 10.2 Å². The highest BCUT2D eigenvalue weighted by atomic mass is 19.1. The van der Waals surface area contributed by atoms with Gasteiger partial charge in [0.1, 0.15) is 11.6 Å². The minimum atomic E-state index is -1.52. The molecule has 82 valence electrons. The number of aliphatic hydroxyl groups excluding tert-OH is 1. The molecule has 0 aliphatic carbocycles. The molecule has 0 radical (unpaired) electrons. The van der Waals surface area contributed by atoms with Gasteiger partial charge >= 0.3 is 5.97 Å². The van der Waals surface area contributed by atoms with E-state index in [0.29, 0.717) is 6.07 Å². The Kier molecular flexibility index (Phi) is 3.36. The van der Waals surface area contributed by atoms with Crippen LogP contribution in [-0.4, -0.2) is 22.3 Å². The van der Waals surface area contributed by atoms with Crippen LogP contribution in [0.25, 0.3) is 0 Å². The van der Waals surface area contributed by atoms with E-state index in [0.717, 1.165) is 6.07 Å². The van der Waals surface area contributed by atoms with Crippen LogP contribution in [0.5, 0.6) is 0 Å². The molecule has 5 heteroatoms. The fourth-order valence-corrected chi connectivity index (χ4v) is 1.23. The van der Waals surface area contributed by atoms with E-state index in [1.807, 2.05) is 0 Å². The van der Waals surface area contributed by atoms with Crippen LogP contribution in [0.3, 0.4) is 0 Å². The third-order valence-electron chi connectivity index (χ3n) is 1.88. The van der Waals surface area contributed by atoms with Gasteiger partial charge in [-0.25, -0.2) is 13.6 Å². The third-order valence-corrected chi connectivity index (χ3v) is 1.88. The van der Waals surface area contributed by atoms with Crippen LogP contribution in [0, 0.1) is 11.6 Å². The SMILES string of the molecule is CC(O)Cc1cc(F)c(C(=O)O)cc1F. The Labute approximate surface area is 85.0 Å². The van der Waals surface area contributed by atoms with Gasteiger partial charge in [0, 0.05) is 6.42 Å². The molecule has 0 aromatic heterocycles. The van der Waals surface area contributed by atoms with Crippen molar-refractivity contribution in [1.82, 2.24) is 0 Å². The van der Waals surface area contributed by atoms with Crippen LogP contribution in [0.4, 0.5) is 8.78 Å². The van der Waals surface area contributed by atoms with Gasteiger partial charge in [0.05, 0.1) is 11.7 Å². The molecule has 1 aromatic carbocycles. The highest BCUT2D eigenvalue weighted by Crippen LogP contribution is 2.16. The maximum Gasteiger partial charge on any atom is 0.338 e. The maximum atomic E-state index is 13.2. The summed E-state index contributed by atoms with van der Waals surface area (Å²) in [6, 6.07) is 1.42. The summed E-state index contributed by atoms with van der Waals surface area (Å²) in [4.78, 5) is 10.5. The second kappa shape index (κ2) is 4.35. The number of carboxylic acid groups (broad SMARTS) is 1. The van der Waals surface area contributed by atoms with Crippen molar-refractivity contribution in [1.29, 1.82) is 0 Å². The molecule has 1 unspecified atom stereocenters. The summed E-state index contributed by atoms with van der Waals surface area (Å²) < 4.78 is 26.3. The van der Waals surface area contributed by atoms with Gasteiger partial charge in [-0.05, 0) is 24.6 Å². The maximum absolute atomic E-state index is 13.2. The van der Waals surface area contributed by atoms with E-state index in [1.165, 1.54) is 6.92 Å². The van der Waals surface area contributed by atoms with E-state index in [-0.39, 0.29) is 12.0 Å². The average Bonchev–Trinajstić information content (AvgIpc) is 2.09. The summed E-state index contributed by atoms with van der Waals surface area (Å²) in [7, 11) is 0. The number of carbonyl (C=O) groups is 1. The van der Waals surface area contributed by atoms with E-state index in [9.17, 15) is 13.6 Å². The fraction of sp³-hybridized carbons (Fsp3) is 0.300. The molecule has 2 N–H and O–H groups in total. The lowest BCUT2D eigenvalue weighted by Crippen LogP contribution is -2.09. The van der Waals surface area contributed by atoms with E-state index in [2.05, 4.69) is 0 Å². The highest BCUT2D eigenvalue weighted by molar-refractivity contribution is 5.88. The molecule has 0 heterocycles. The van der Waals surface area contributed by atoms with Crippen molar-refractivity contribution in [3.63, 3.8) is 0 Å². The first-order valence-corrected chi connectivity index (χ1v) is 4.31. The van der Waals surface area contributed by atoms with Gasteiger partial charge in [0.2, 0.25) is 0 Å². The van der Waals surface area contributed by atoms with Gasteiger partial charge in [-0.1, -0.05) is 0 Å². The Bertz CT molecular complexity index is 388. The molecule has 1 rings (SSSR count). The van der Waals surface area contributed by atoms with Crippen LogP contribution < -0.4 is 0 Å². The third kappa shape index (κ3) is 2.73. The molecular weight excluding hydrogens is 206 g/mol. The first kappa shape index (κ1) is 11.6. The van der Waals surface area contributed by atoms with E-state index >= 15 is 0 Å². The van der Waals surface area contributed by atoms with Crippen molar-refractivity contribution in [2.24, 2.45) is 0 Å². The molecule has 0 aliphatic rings. The highest BCUT2D eigenvalue weighted by Gasteiger charge is 2.15. The van der Waals surface area contributed by atoms with Gasteiger partial charge in [-0.3, -0.25) is 0 Å². The van der Waals surface area contributed by atoms with Crippen LogP contribution in [0.15, 0.2) is 12.1 Å². The summed E-state index contributed by atoms with van der Waals surface area (Å²) in [6.07, 6.45) is -0.864. The van der Waals surface area contributed by atoms with Crippen molar-refractivity contribution < 1.29 is 23.8 Å². The minimum absolute atomic E-state index is 0.0347. The number of hydrogen-bond donors (Lipinski definition) is 2. The Morgan fingerprint density at radius 1 is 1.40 bits per heavy atom. The summed E-state index contributed by atoms with van der Waals surface area (Å²) >= 11 is 0. The molecule has 0 fully saturated rings. The molecule has 0 saturated carbocycles. The first-order chi connectivity index (χ1) is 6.91. The first-order valence-electron chi connectivity index (χ1n) is 4.31. The van der Waals surface area contributed by atoms with Crippen LogP contribution >= 0.6 is 0 Å². The van der Waals surface area contributed by atoms with Crippen molar-refractivity contribution in [3.8, 4) is 0 Å². The second-order valence-electron chi connectivity index (χ2n) is 3.28. The zero-order chi connectivity index (χ0) is 11.6. The largest absolute Gasteiger partial charge is 0.478 e. The number of halogens is 2. The van der Waals surface area contributed by atoms with Gasteiger partial charge in [0.25, 0.3) is 0 Å². The van der Waals surface area contributed by atoms with Crippen molar-refractivity contribution in [2.45, 2.75) is 19.4 Å². The van der Waals surface area contributed by atoms with Crippen molar-refractivity contribution >= 4 is 5.97 Å². The fourth-order valence-electron chi connectivity index (χ4n) is 1.23. The predicted molar refractivity (Wildman–Crippen MR) is 48.7 cm³/mol. The van der Waals surface area contributed by atoms with Gasteiger partial charge in [-0.2, -0.15) is 0 Å². The summed E-state index contributed by atoms with van der Waals surface area (Å²) in [6.45, 7) is 1.43. The Balaban J connectivity index is 3.13. The normalized spacial score (nSPS) is 12.5. The average molecular weight is 216 g/mol. The number of rotatable bonds is 3. The number of aliphatic hydroxyl groups is 1. The summed E-state index contributed by atoms with van der Waals surface area (Å²) in [5, 5.41) is 17.5. The molecule has 0 amide bonds. The molecule has 1 aromatic rings. The number of carboxylic acids is 1. The quantitative estimate of drug-likeness (QED) is 0.806. The zero-order valence-corrected chi connectivity index (χ0v) is 8.00. The van der Waals surface area contributed by atoms with Gasteiger partial charge < -0.3 is 10.2 Å². The molecular formula is C10H10F2O3. The number of hydrogen-bond acceptors (Lipinski definition) is 2. The zero-order valence-electron chi connectivity index (χ0n) is 8.00. The number of aromatic carboxylic acids is 1. The summed E-state index contributed by atoms with van der Waals surface area (Å²) in [5.41, 5.74) is -0.741. The monoisotopic (exact) mass is 216 g/mol. The lowest BCUT2D eigenvalue weighted by molar-refractivity contribution is 0.0691. The topological polar surface area (TPSA) is 57.5 Å². The molecule has 3 nitrogen and oxygen atoms in total. The lowest BCUT2D eigenvalue weighted by Gasteiger charge is -2.07.